The number of rotatable bonds is 5. The molecule has 4 atom stereocenters. The fraction of sp³-hybridized carbons (Fsp3) is 0.824. The lowest BCUT2D eigenvalue weighted by atomic mass is 9.68. The highest BCUT2D eigenvalue weighted by atomic mass is 28.3. The molecular formula is C17H33NO2Si. The first-order valence-electron chi connectivity index (χ1n) is 8.25. The first kappa shape index (κ1) is 18.3. The second kappa shape index (κ2) is 7.48. The van der Waals surface area contributed by atoms with Gasteiger partial charge in [-0.15, -0.1) is 0 Å². The summed E-state index contributed by atoms with van der Waals surface area (Å²) in [6.07, 6.45) is 4.93. The molecule has 1 aliphatic carbocycles. The second-order valence-electron chi connectivity index (χ2n) is 8.12. The minimum absolute atomic E-state index is 0.163. The van der Waals surface area contributed by atoms with Crippen LogP contribution in [0, 0.1) is 23.7 Å². The van der Waals surface area contributed by atoms with Gasteiger partial charge in [-0.1, -0.05) is 58.6 Å². The summed E-state index contributed by atoms with van der Waals surface area (Å²) in [4.78, 5) is 11.3. The van der Waals surface area contributed by atoms with Crippen LogP contribution in [0.4, 0.5) is 4.79 Å². The van der Waals surface area contributed by atoms with Crippen molar-refractivity contribution in [3.63, 3.8) is 0 Å². The van der Waals surface area contributed by atoms with Crippen molar-refractivity contribution in [3.05, 3.63) is 11.8 Å². The fourth-order valence-corrected chi connectivity index (χ4v) is 4.21. The molecule has 0 aromatic rings. The van der Waals surface area contributed by atoms with Gasteiger partial charge >= 0.3 is 6.09 Å². The Morgan fingerprint density at radius 3 is 2.33 bits per heavy atom. The highest BCUT2D eigenvalue weighted by Crippen LogP contribution is 2.41. The molecule has 4 heteroatoms. The van der Waals surface area contributed by atoms with E-state index in [-0.39, 0.29) is 6.10 Å². The Balaban J connectivity index is 2.97. The maximum atomic E-state index is 11.3. The maximum Gasteiger partial charge on any atom is 0.405 e. The van der Waals surface area contributed by atoms with Crippen LogP contribution in [0.25, 0.3) is 0 Å². The Morgan fingerprint density at radius 1 is 1.24 bits per heavy atom. The van der Waals surface area contributed by atoms with Crippen molar-refractivity contribution < 1.29 is 9.53 Å². The Morgan fingerprint density at radius 2 is 1.86 bits per heavy atom. The Kier molecular flexibility index (Phi) is 6.51. The van der Waals surface area contributed by atoms with Gasteiger partial charge in [0.25, 0.3) is 0 Å². The largest absolute Gasteiger partial charge is 0.442 e. The molecule has 0 heterocycles. The number of primary amides is 1. The summed E-state index contributed by atoms with van der Waals surface area (Å²) in [5.41, 5.74) is 7.59. The average Bonchev–Trinajstić information content (AvgIpc) is 2.32. The van der Waals surface area contributed by atoms with E-state index < -0.39 is 14.2 Å². The molecule has 21 heavy (non-hydrogen) atoms. The highest BCUT2D eigenvalue weighted by molar-refractivity contribution is 6.80. The van der Waals surface area contributed by atoms with Crippen LogP contribution in [0.1, 0.15) is 40.0 Å². The number of carbonyl (C=O) groups excluding carboxylic acids is 1. The van der Waals surface area contributed by atoms with Crippen LogP contribution in [0.3, 0.4) is 0 Å². The molecule has 1 aliphatic rings. The first-order valence-corrected chi connectivity index (χ1v) is 11.8. The molecule has 0 saturated heterocycles. The molecule has 1 amide bonds. The van der Waals surface area contributed by atoms with Gasteiger partial charge in [-0.05, 0) is 30.6 Å². The molecule has 0 aromatic carbocycles. The molecule has 122 valence electrons. The summed E-state index contributed by atoms with van der Waals surface area (Å²) in [5, 5.41) is 0. The van der Waals surface area contributed by atoms with Crippen LogP contribution in [-0.2, 0) is 4.74 Å². The molecule has 2 N–H and O–H groups in total. The molecule has 0 spiro atoms. The molecular weight excluding hydrogens is 278 g/mol. The zero-order valence-electron chi connectivity index (χ0n) is 14.6. The summed E-state index contributed by atoms with van der Waals surface area (Å²) >= 11 is 0. The van der Waals surface area contributed by atoms with Crippen LogP contribution in [0.5, 0.6) is 0 Å². The van der Waals surface area contributed by atoms with Crippen LogP contribution >= 0.6 is 0 Å². The second-order valence-corrected chi connectivity index (χ2v) is 13.2. The minimum Gasteiger partial charge on any atom is -0.442 e. The van der Waals surface area contributed by atoms with Crippen molar-refractivity contribution >= 4 is 14.2 Å². The lowest BCUT2D eigenvalue weighted by molar-refractivity contribution is 0.0282. The number of ether oxygens (including phenoxy) is 1. The number of hydrogen-bond acceptors (Lipinski definition) is 2. The van der Waals surface area contributed by atoms with Crippen molar-refractivity contribution in [1.82, 2.24) is 0 Å². The Bertz CT molecular complexity index is 373. The molecule has 3 nitrogen and oxygen atoms in total. The summed E-state index contributed by atoms with van der Waals surface area (Å²) in [6, 6.07) is 0. The molecule has 1 saturated carbocycles. The smallest absolute Gasteiger partial charge is 0.405 e. The third-order valence-corrected chi connectivity index (χ3v) is 5.73. The molecule has 1 rings (SSSR count). The molecule has 0 radical (unpaired) electrons. The van der Waals surface area contributed by atoms with Crippen LogP contribution in [0.15, 0.2) is 11.8 Å². The van der Waals surface area contributed by atoms with Gasteiger partial charge in [0.1, 0.15) is 6.10 Å². The topological polar surface area (TPSA) is 52.3 Å². The predicted octanol–water partition coefficient (Wildman–Crippen LogP) is 4.59. The van der Waals surface area contributed by atoms with Crippen LogP contribution in [0.2, 0.25) is 19.6 Å². The normalized spacial score (nSPS) is 28.8. The highest BCUT2D eigenvalue weighted by Gasteiger charge is 2.36. The van der Waals surface area contributed by atoms with Gasteiger partial charge in [-0.25, -0.2) is 4.79 Å². The van der Waals surface area contributed by atoms with Gasteiger partial charge < -0.3 is 10.5 Å². The number of nitrogens with two attached hydrogens (primary N) is 1. The van der Waals surface area contributed by atoms with Crippen LogP contribution < -0.4 is 5.73 Å². The number of amides is 1. The minimum atomic E-state index is -1.31. The molecule has 0 aliphatic heterocycles. The zero-order chi connectivity index (χ0) is 16.2. The monoisotopic (exact) mass is 311 g/mol. The Hall–Kier alpha value is -0.773. The molecule has 1 fully saturated rings. The summed E-state index contributed by atoms with van der Waals surface area (Å²) < 4.78 is 5.49. The van der Waals surface area contributed by atoms with Crippen molar-refractivity contribution in [3.8, 4) is 0 Å². The van der Waals surface area contributed by atoms with Crippen molar-refractivity contribution in [2.45, 2.75) is 65.8 Å². The summed E-state index contributed by atoms with van der Waals surface area (Å²) in [5.74, 6) is 2.32. The van der Waals surface area contributed by atoms with E-state index >= 15 is 0 Å². The van der Waals surface area contributed by atoms with E-state index in [1.54, 1.807) is 0 Å². The number of carbonyl (C=O) groups is 1. The predicted molar refractivity (Wildman–Crippen MR) is 91.8 cm³/mol. The van der Waals surface area contributed by atoms with Gasteiger partial charge in [0, 0.05) is 5.92 Å². The van der Waals surface area contributed by atoms with E-state index in [0.29, 0.717) is 23.7 Å². The maximum absolute atomic E-state index is 11.3. The molecule has 0 aromatic heterocycles. The van der Waals surface area contributed by atoms with Crippen molar-refractivity contribution in [2.75, 3.05) is 0 Å². The van der Waals surface area contributed by atoms with E-state index in [4.69, 9.17) is 10.5 Å². The van der Waals surface area contributed by atoms with Gasteiger partial charge in [-0.3, -0.25) is 0 Å². The molecule has 0 bridgehead atoms. The van der Waals surface area contributed by atoms with Gasteiger partial charge in [0.2, 0.25) is 0 Å². The van der Waals surface area contributed by atoms with Gasteiger partial charge in [0.15, 0.2) is 0 Å². The fourth-order valence-electron chi connectivity index (χ4n) is 3.44. The quantitative estimate of drug-likeness (QED) is 0.755. The van der Waals surface area contributed by atoms with E-state index in [2.05, 4.69) is 52.2 Å². The van der Waals surface area contributed by atoms with Gasteiger partial charge in [-0.2, -0.15) is 0 Å². The zero-order valence-corrected chi connectivity index (χ0v) is 15.6. The van der Waals surface area contributed by atoms with E-state index in [9.17, 15) is 4.79 Å². The third kappa shape index (κ3) is 6.25. The van der Waals surface area contributed by atoms with E-state index in [1.165, 1.54) is 12.8 Å². The van der Waals surface area contributed by atoms with Crippen molar-refractivity contribution in [2.24, 2.45) is 29.4 Å². The number of hydrogen-bond donors (Lipinski definition) is 1. The van der Waals surface area contributed by atoms with E-state index in [1.807, 2.05) is 0 Å². The lowest BCUT2D eigenvalue weighted by Crippen LogP contribution is -2.38. The van der Waals surface area contributed by atoms with E-state index in [0.717, 1.165) is 6.42 Å². The summed E-state index contributed by atoms with van der Waals surface area (Å²) in [7, 11) is -1.31. The first-order chi connectivity index (χ1) is 9.60. The average molecular weight is 312 g/mol. The van der Waals surface area contributed by atoms with Crippen molar-refractivity contribution in [1.29, 1.82) is 0 Å². The Labute approximate surface area is 131 Å². The molecule has 0 unspecified atom stereocenters. The van der Waals surface area contributed by atoms with Crippen LogP contribution in [-0.4, -0.2) is 20.3 Å². The standard InChI is InChI=1S/C17H33NO2Si/c1-12(2)14-8-7-13(3)11-15(14)16(20-17(18)19)9-10-21(4,5)6/h9-10,12-16H,7-8,11H2,1-6H3,(H2,18,19)/b10-9+/t13-,14+,15-,16+/m1/s1. The SMILES string of the molecule is CC(C)[C@@H]1CC[C@@H](C)C[C@H]1[C@H](/C=C/[Si](C)(C)C)OC(N)=O. The lowest BCUT2D eigenvalue weighted by Gasteiger charge is -2.40. The summed E-state index contributed by atoms with van der Waals surface area (Å²) in [6.45, 7) is 13.7. The van der Waals surface area contributed by atoms with Gasteiger partial charge in [0.05, 0.1) is 8.07 Å². The third-order valence-electron chi connectivity index (χ3n) is 4.53.